The molecule has 136 valence electrons. The minimum atomic E-state index is -0.834. The van der Waals surface area contributed by atoms with Gasteiger partial charge in [0.1, 0.15) is 11.6 Å². The summed E-state index contributed by atoms with van der Waals surface area (Å²) in [5.41, 5.74) is -1.44. The third-order valence-electron chi connectivity index (χ3n) is 3.08. The average molecular weight is 330 g/mol. The van der Waals surface area contributed by atoms with E-state index in [0.29, 0.717) is 25.3 Å². The first-order valence-electron chi connectivity index (χ1n) is 8.30. The van der Waals surface area contributed by atoms with E-state index in [0.717, 1.165) is 6.42 Å². The Labute approximate surface area is 140 Å². The summed E-state index contributed by atoms with van der Waals surface area (Å²) >= 11 is 0. The molecule has 0 heterocycles. The van der Waals surface area contributed by atoms with Crippen LogP contribution >= 0.6 is 0 Å². The Bertz CT molecular complexity index is 381. The minimum absolute atomic E-state index is 0.249. The summed E-state index contributed by atoms with van der Waals surface area (Å²) in [5, 5.41) is 15.1. The Kier molecular flexibility index (Phi) is 8.59. The second-order valence-corrected chi connectivity index (χ2v) is 8.02. The van der Waals surface area contributed by atoms with Gasteiger partial charge in [0, 0.05) is 6.54 Å². The molecule has 0 fully saturated rings. The highest BCUT2D eigenvalue weighted by Gasteiger charge is 2.24. The number of alkyl carbamates (subject to hydrolysis) is 1. The molecular formula is C17H34N2O4. The summed E-state index contributed by atoms with van der Waals surface area (Å²) in [6.07, 6.45) is 1.22. The molecule has 0 aromatic carbocycles. The van der Waals surface area contributed by atoms with Gasteiger partial charge in [-0.15, -0.1) is 0 Å². The van der Waals surface area contributed by atoms with Crippen molar-refractivity contribution in [1.82, 2.24) is 10.6 Å². The number of carbonyl (C=O) groups is 2. The Balaban J connectivity index is 4.60. The van der Waals surface area contributed by atoms with Gasteiger partial charge in [-0.1, -0.05) is 13.8 Å². The number of ether oxygens (including phenoxy) is 1. The zero-order valence-corrected chi connectivity index (χ0v) is 15.7. The number of rotatable bonds is 8. The largest absolute Gasteiger partial charge is 0.444 e. The van der Waals surface area contributed by atoms with Crippen molar-refractivity contribution >= 4 is 12.0 Å². The van der Waals surface area contributed by atoms with E-state index in [1.54, 1.807) is 34.6 Å². The molecule has 6 heteroatoms. The van der Waals surface area contributed by atoms with E-state index in [4.69, 9.17) is 4.74 Å². The predicted molar refractivity (Wildman–Crippen MR) is 91.2 cm³/mol. The van der Waals surface area contributed by atoms with Crippen LogP contribution in [0.1, 0.15) is 67.7 Å². The maximum absolute atomic E-state index is 12.3. The summed E-state index contributed by atoms with van der Waals surface area (Å²) in [4.78, 5) is 24.2. The predicted octanol–water partition coefficient (Wildman–Crippen LogP) is 2.59. The maximum atomic E-state index is 12.3. The maximum Gasteiger partial charge on any atom is 0.408 e. The molecule has 0 unspecified atom stereocenters. The van der Waals surface area contributed by atoms with Gasteiger partial charge >= 0.3 is 6.09 Å². The van der Waals surface area contributed by atoms with Gasteiger partial charge in [-0.25, -0.2) is 4.79 Å². The molecule has 0 aliphatic heterocycles. The normalized spacial score (nSPS) is 13.6. The zero-order valence-electron chi connectivity index (χ0n) is 15.7. The quantitative estimate of drug-likeness (QED) is 0.638. The van der Waals surface area contributed by atoms with Crippen LogP contribution in [0.15, 0.2) is 0 Å². The topological polar surface area (TPSA) is 87.7 Å². The van der Waals surface area contributed by atoms with Crippen molar-refractivity contribution in [1.29, 1.82) is 0 Å². The number of hydrogen-bond acceptors (Lipinski definition) is 4. The van der Waals surface area contributed by atoms with Crippen molar-refractivity contribution in [3.8, 4) is 0 Å². The first-order valence-corrected chi connectivity index (χ1v) is 8.30. The highest BCUT2D eigenvalue weighted by atomic mass is 16.6. The van der Waals surface area contributed by atoms with Crippen LogP contribution in [0.4, 0.5) is 4.79 Å². The molecule has 6 nitrogen and oxygen atoms in total. The summed E-state index contributed by atoms with van der Waals surface area (Å²) in [7, 11) is 0. The molecule has 0 bridgehead atoms. The van der Waals surface area contributed by atoms with Crippen molar-refractivity contribution < 1.29 is 19.4 Å². The van der Waals surface area contributed by atoms with Crippen LogP contribution in [0.5, 0.6) is 0 Å². The first kappa shape index (κ1) is 21.7. The van der Waals surface area contributed by atoms with Gasteiger partial charge in [0.2, 0.25) is 5.91 Å². The van der Waals surface area contributed by atoms with Crippen LogP contribution in [-0.2, 0) is 9.53 Å². The van der Waals surface area contributed by atoms with Crippen LogP contribution in [0.2, 0.25) is 0 Å². The van der Waals surface area contributed by atoms with Crippen LogP contribution in [0, 0.1) is 5.92 Å². The third-order valence-corrected chi connectivity index (χ3v) is 3.08. The molecule has 0 saturated heterocycles. The number of amides is 2. The van der Waals surface area contributed by atoms with E-state index in [1.807, 2.05) is 0 Å². The zero-order chi connectivity index (χ0) is 18.3. The standard InChI is InChI=1S/C17H34N2O4/c1-12(2)8-9-13(19-15(21)23-16(3,4)5)14(20)18-11-10-17(6,7)22/h12-13,22H,8-11H2,1-7H3,(H,18,20)(H,19,21)/t13-/m0/s1. The van der Waals surface area contributed by atoms with Crippen LogP contribution in [0.3, 0.4) is 0 Å². The first-order chi connectivity index (χ1) is 10.3. The molecule has 0 aliphatic rings. The number of nitrogens with one attached hydrogen (secondary N) is 2. The molecule has 0 aromatic rings. The lowest BCUT2D eigenvalue weighted by Crippen LogP contribution is -2.49. The SMILES string of the molecule is CC(C)CC[C@H](NC(=O)OC(C)(C)C)C(=O)NCCC(C)(C)O. The summed E-state index contributed by atoms with van der Waals surface area (Å²) in [6, 6.07) is -0.631. The molecule has 0 aliphatic carbocycles. The highest BCUT2D eigenvalue weighted by Crippen LogP contribution is 2.11. The Morgan fingerprint density at radius 3 is 2.09 bits per heavy atom. The van der Waals surface area contributed by atoms with Gasteiger partial charge in [-0.3, -0.25) is 4.79 Å². The molecule has 2 amide bonds. The van der Waals surface area contributed by atoms with Crippen molar-refractivity contribution in [2.45, 2.75) is 85.0 Å². The fraction of sp³-hybridized carbons (Fsp3) is 0.882. The van der Waals surface area contributed by atoms with Gasteiger partial charge in [0.15, 0.2) is 0 Å². The molecule has 0 spiro atoms. The lowest BCUT2D eigenvalue weighted by atomic mass is 10.0. The summed E-state index contributed by atoms with van der Waals surface area (Å²) in [6.45, 7) is 13.2. The fourth-order valence-corrected chi connectivity index (χ4v) is 1.83. The Morgan fingerprint density at radius 2 is 1.65 bits per heavy atom. The lowest BCUT2D eigenvalue weighted by molar-refractivity contribution is -0.123. The van der Waals surface area contributed by atoms with E-state index in [9.17, 15) is 14.7 Å². The van der Waals surface area contributed by atoms with Gasteiger partial charge in [-0.2, -0.15) is 0 Å². The van der Waals surface area contributed by atoms with Gasteiger partial charge in [0.25, 0.3) is 0 Å². The monoisotopic (exact) mass is 330 g/mol. The van der Waals surface area contributed by atoms with Crippen LogP contribution in [0.25, 0.3) is 0 Å². The molecule has 0 aromatic heterocycles. The molecule has 3 N–H and O–H groups in total. The van der Waals surface area contributed by atoms with Crippen molar-refractivity contribution in [3.63, 3.8) is 0 Å². The van der Waals surface area contributed by atoms with Crippen LogP contribution in [-0.4, -0.2) is 40.9 Å². The van der Waals surface area contributed by atoms with E-state index >= 15 is 0 Å². The van der Waals surface area contributed by atoms with Crippen molar-refractivity contribution in [2.24, 2.45) is 5.92 Å². The minimum Gasteiger partial charge on any atom is -0.444 e. The van der Waals surface area contributed by atoms with Gasteiger partial charge in [0.05, 0.1) is 5.60 Å². The number of aliphatic hydroxyl groups is 1. The van der Waals surface area contributed by atoms with Gasteiger partial charge in [-0.05, 0) is 59.8 Å². The molecular weight excluding hydrogens is 296 g/mol. The van der Waals surface area contributed by atoms with E-state index < -0.39 is 23.3 Å². The highest BCUT2D eigenvalue weighted by molar-refractivity contribution is 5.85. The second-order valence-electron chi connectivity index (χ2n) is 8.02. The molecule has 1 atom stereocenters. The van der Waals surface area contributed by atoms with E-state index in [1.165, 1.54) is 0 Å². The third kappa shape index (κ3) is 12.9. The molecule has 0 radical (unpaired) electrons. The Hall–Kier alpha value is -1.30. The molecule has 0 saturated carbocycles. The number of carbonyl (C=O) groups excluding carboxylic acids is 2. The molecule has 23 heavy (non-hydrogen) atoms. The van der Waals surface area contributed by atoms with Crippen molar-refractivity contribution in [3.05, 3.63) is 0 Å². The van der Waals surface area contributed by atoms with Crippen molar-refractivity contribution in [2.75, 3.05) is 6.54 Å². The summed E-state index contributed by atoms with van der Waals surface area (Å²) < 4.78 is 5.21. The Morgan fingerprint density at radius 1 is 1.09 bits per heavy atom. The second kappa shape index (κ2) is 9.11. The van der Waals surface area contributed by atoms with Crippen LogP contribution < -0.4 is 10.6 Å². The van der Waals surface area contributed by atoms with E-state index in [-0.39, 0.29) is 5.91 Å². The summed E-state index contributed by atoms with van der Waals surface area (Å²) in [5.74, 6) is 0.183. The smallest absolute Gasteiger partial charge is 0.408 e. The fourth-order valence-electron chi connectivity index (χ4n) is 1.83. The lowest BCUT2D eigenvalue weighted by Gasteiger charge is -2.24. The molecule has 0 rings (SSSR count). The van der Waals surface area contributed by atoms with Gasteiger partial charge < -0.3 is 20.5 Å². The van der Waals surface area contributed by atoms with E-state index in [2.05, 4.69) is 24.5 Å². The average Bonchev–Trinajstić information content (AvgIpc) is 2.29. The number of hydrogen-bond donors (Lipinski definition) is 3.